The molecule has 150 valence electrons. The summed E-state index contributed by atoms with van der Waals surface area (Å²) in [6.07, 6.45) is 1.63. The lowest BCUT2D eigenvalue weighted by Gasteiger charge is -2.09. The highest BCUT2D eigenvalue weighted by atomic mass is 32.1. The molecule has 8 nitrogen and oxygen atoms in total. The van der Waals surface area contributed by atoms with Crippen molar-refractivity contribution in [1.29, 1.82) is 0 Å². The van der Waals surface area contributed by atoms with Crippen LogP contribution in [0.15, 0.2) is 82.5 Å². The van der Waals surface area contributed by atoms with Crippen LogP contribution in [0, 0.1) is 5.21 Å². The van der Waals surface area contributed by atoms with Crippen LogP contribution in [-0.2, 0) is 6.61 Å². The van der Waals surface area contributed by atoms with E-state index in [-0.39, 0.29) is 6.61 Å². The number of para-hydroxylation sites is 2. The molecule has 0 aliphatic carbocycles. The van der Waals surface area contributed by atoms with Gasteiger partial charge in [0.05, 0.1) is 6.21 Å². The quantitative estimate of drug-likeness (QED) is 0.214. The van der Waals surface area contributed by atoms with Gasteiger partial charge in [0.1, 0.15) is 12.4 Å². The first-order valence-electron chi connectivity index (χ1n) is 9.04. The molecule has 0 bridgehead atoms. The van der Waals surface area contributed by atoms with Crippen molar-refractivity contribution in [3.63, 3.8) is 0 Å². The summed E-state index contributed by atoms with van der Waals surface area (Å²) in [5.74, 6) is 0.644. The van der Waals surface area contributed by atoms with Crippen LogP contribution in [0.4, 0.5) is 5.69 Å². The van der Waals surface area contributed by atoms with Crippen LogP contribution in [-0.4, -0.2) is 16.5 Å². The second-order valence-corrected chi connectivity index (χ2v) is 6.68. The number of rotatable bonds is 6. The van der Waals surface area contributed by atoms with Gasteiger partial charge >= 0.3 is 0 Å². The standard InChI is InChI=1S/C21H17N5O3S/c27-26-19-12-15(10-11-18(19)25-29-26)14-28-20-9-5-4-6-16(20)13-22-24-21(30)23-17-7-2-1-3-8-17/h1-13H,14H2,(H2,23,24,30)/b22-13-. The van der Waals surface area contributed by atoms with Gasteiger partial charge in [-0.25, -0.2) is 0 Å². The fourth-order valence-corrected chi connectivity index (χ4v) is 2.90. The molecule has 0 unspecified atom stereocenters. The predicted octanol–water partition coefficient (Wildman–Crippen LogP) is 3.36. The van der Waals surface area contributed by atoms with Crippen molar-refractivity contribution < 1.29 is 14.3 Å². The maximum Gasteiger partial charge on any atom is 0.248 e. The van der Waals surface area contributed by atoms with Crippen molar-refractivity contribution in [1.82, 2.24) is 10.6 Å². The van der Waals surface area contributed by atoms with Crippen LogP contribution in [0.25, 0.3) is 11.0 Å². The molecule has 0 atom stereocenters. The summed E-state index contributed by atoms with van der Waals surface area (Å²) in [6.45, 7) is 0.271. The lowest BCUT2D eigenvalue weighted by molar-refractivity contribution is -0.782. The number of nitrogens with one attached hydrogen (secondary N) is 2. The number of fused-ring (bicyclic) bond motifs is 1. The zero-order chi connectivity index (χ0) is 20.8. The van der Waals surface area contributed by atoms with E-state index in [1.807, 2.05) is 60.7 Å². The van der Waals surface area contributed by atoms with Gasteiger partial charge in [-0.3, -0.25) is 10.1 Å². The van der Waals surface area contributed by atoms with Crippen molar-refractivity contribution in [3.8, 4) is 5.75 Å². The Hall–Kier alpha value is -3.98. The van der Waals surface area contributed by atoms with E-state index >= 15 is 0 Å². The molecule has 0 spiro atoms. The molecule has 4 rings (SSSR count). The Bertz CT molecular complexity index is 1190. The maximum atomic E-state index is 11.6. The number of hydrazone groups is 1. The minimum atomic E-state index is 0.271. The lowest BCUT2D eigenvalue weighted by atomic mass is 10.2. The molecule has 0 saturated carbocycles. The SMILES string of the molecule is [O-][n+]1onc2ccc(COc3ccccc3/C=N\NC(=S)Nc3ccccc3)cc21. The molecule has 0 aliphatic rings. The first-order chi connectivity index (χ1) is 14.7. The van der Waals surface area contributed by atoms with E-state index in [0.29, 0.717) is 26.8 Å². The number of hydrogen-bond donors (Lipinski definition) is 2. The largest absolute Gasteiger partial charge is 0.488 e. The number of nitrogens with zero attached hydrogens (tertiary/aromatic N) is 3. The molecule has 0 fully saturated rings. The van der Waals surface area contributed by atoms with E-state index in [4.69, 9.17) is 17.0 Å². The van der Waals surface area contributed by atoms with Gasteiger partial charge in [0.2, 0.25) is 11.0 Å². The van der Waals surface area contributed by atoms with Crippen molar-refractivity contribution in [3.05, 3.63) is 89.1 Å². The third-order valence-corrected chi connectivity index (χ3v) is 4.36. The molecule has 3 aromatic carbocycles. The molecular weight excluding hydrogens is 402 g/mol. The fraction of sp³-hybridized carbons (Fsp3) is 0.0476. The van der Waals surface area contributed by atoms with E-state index in [0.717, 1.165) is 16.8 Å². The monoisotopic (exact) mass is 419 g/mol. The van der Waals surface area contributed by atoms with E-state index < -0.39 is 0 Å². The van der Waals surface area contributed by atoms with Crippen LogP contribution in [0.2, 0.25) is 0 Å². The van der Waals surface area contributed by atoms with Gasteiger partial charge in [-0.05, 0) is 53.0 Å². The maximum absolute atomic E-state index is 11.6. The number of aromatic nitrogens is 2. The molecule has 0 radical (unpaired) electrons. The third-order valence-electron chi connectivity index (χ3n) is 4.16. The first-order valence-corrected chi connectivity index (χ1v) is 9.45. The second-order valence-electron chi connectivity index (χ2n) is 6.27. The molecule has 0 saturated heterocycles. The molecule has 4 aromatic rings. The molecule has 0 aliphatic heterocycles. The highest BCUT2D eigenvalue weighted by molar-refractivity contribution is 7.80. The number of ether oxygens (including phenoxy) is 1. The zero-order valence-electron chi connectivity index (χ0n) is 15.7. The topological polar surface area (TPSA) is 98.6 Å². The minimum absolute atomic E-state index is 0.271. The lowest BCUT2D eigenvalue weighted by Crippen LogP contribution is -2.23. The summed E-state index contributed by atoms with van der Waals surface area (Å²) in [5, 5.41) is 22.8. The van der Waals surface area contributed by atoms with Crippen molar-refractivity contribution >= 4 is 40.3 Å². The zero-order valence-corrected chi connectivity index (χ0v) is 16.5. The van der Waals surface area contributed by atoms with E-state index in [9.17, 15) is 5.21 Å². The van der Waals surface area contributed by atoms with Gasteiger partial charge in [0.25, 0.3) is 0 Å². The summed E-state index contributed by atoms with van der Waals surface area (Å²) in [6, 6.07) is 22.3. The van der Waals surface area contributed by atoms with Gasteiger partial charge in [0.15, 0.2) is 5.11 Å². The Kier molecular flexibility index (Phi) is 5.81. The highest BCUT2D eigenvalue weighted by Crippen LogP contribution is 2.19. The molecule has 9 heteroatoms. The Balaban J connectivity index is 1.38. The Morgan fingerprint density at radius 3 is 2.80 bits per heavy atom. The minimum Gasteiger partial charge on any atom is -0.488 e. The molecule has 1 heterocycles. The van der Waals surface area contributed by atoms with E-state index in [1.54, 1.807) is 18.3 Å². The van der Waals surface area contributed by atoms with E-state index in [1.165, 1.54) is 0 Å². The molecule has 0 amide bonds. The number of hydrogen-bond acceptors (Lipinski definition) is 6. The summed E-state index contributed by atoms with van der Waals surface area (Å²) < 4.78 is 10.5. The van der Waals surface area contributed by atoms with Crippen LogP contribution in [0.5, 0.6) is 5.75 Å². The van der Waals surface area contributed by atoms with Crippen molar-refractivity contribution in [2.75, 3.05) is 5.32 Å². The van der Waals surface area contributed by atoms with Gasteiger partial charge in [-0.2, -0.15) is 5.10 Å². The van der Waals surface area contributed by atoms with Crippen LogP contribution in [0.1, 0.15) is 11.1 Å². The van der Waals surface area contributed by atoms with E-state index in [2.05, 4.69) is 25.6 Å². The first kappa shape index (κ1) is 19.3. The highest BCUT2D eigenvalue weighted by Gasteiger charge is 2.10. The Morgan fingerprint density at radius 1 is 1.13 bits per heavy atom. The smallest absolute Gasteiger partial charge is 0.248 e. The molecule has 30 heavy (non-hydrogen) atoms. The molecule has 2 N–H and O–H groups in total. The summed E-state index contributed by atoms with van der Waals surface area (Å²) in [7, 11) is 0. The van der Waals surface area contributed by atoms with Gasteiger partial charge in [0, 0.05) is 22.5 Å². The van der Waals surface area contributed by atoms with Crippen molar-refractivity contribution in [2.45, 2.75) is 6.61 Å². The second kappa shape index (κ2) is 9.01. The van der Waals surface area contributed by atoms with Gasteiger partial charge in [-0.15, -0.1) is 0 Å². The number of anilines is 1. The molecular formula is C21H17N5O3S. The summed E-state index contributed by atoms with van der Waals surface area (Å²) in [4.78, 5) is 0.372. The third kappa shape index (κ3) is 4.70. The fourth-order valence-electron chi connectivity index (χ4n) is 2.73. The normalized spacial score (nSPS) is 10.9. The average Bonchev–Trinajstić information content (AvgIpc) is 3.14. The average molecular weight is 419 g/mol. The van der Waals surface area contributed by atoms with Gasteiger partial charge < -0.3 is 15.3 Å². The van der Waals surface area contributed by atoms with Crippen LogP contribution in [0.3, 0.4) is 0 Å². The summed E-state index contributed by atoms with van der Waals surface area (Å²) in [5.41, 5.74) is 6.09. The number of benzene rings is 3. The van der Waals surface area contributed by atoms with Crippen LogP contribution >= 0.6 is 12.2 Å². The van der Waals surface area contributed by atoms with Crippen LogP contribution < -0.4 is 20.4 Å². The van der Waals surface area contributed by atoms with Crippen molar-refractivity contribution in [2.24, 2.45) is 5.10 Å². The Labute approximate surface area is 177 Å². The predicted molar refractivity (Wildman–Crippen MR) is 117 cm³/mol. The number of thiocarbonyl (C=S) groups is 1. The van der Waals surface area contributed by atoms with Gasteiger partial charge in [-0.1, -0.05) is 36.4 Å². The molecule has 1 aromatic heterocycles. The Morgan fingerprint density at radius 2 is 1.93 bits per heavy atom. The summed E-state index contributed by atoms with van der Waals surface area (Å²) >= 11 is 5.23.